The van der Waals surface area contributed by atoms with Crippen LogP contribution in [0.4, 0.5) is 4.39 Å². The van der Waals surface area contributed by atoms with Crippen LogP contribution in [0, 0.1) is 5.95 Å². The third-order valence-electron chi connectivity index (χ3n) is 2.72. The van der Waals surface area contributed by atoms with Gasteiger partial charge in [-0.25, -0.2) is 4.98 Å². The molecule has 0 aliphatic carbocycles. The molecule has 0 saturated carbocycles. The van der Waals surface area contributed by atoms with Crippen LogP contribution in [-0.2, 0) is 0 Å². The van der Waals surface area contributed by atoms with Crippen molar-refractivity contribution in [2.75, 3.05) is 0 Å². The number of nitrogens with one attached hydrogen (secondary N) is 1. The Morgan fingerprint density at radius 2 is 2.00 bits per heavy atom. The SMILES string of the molecule is C[C@@H](NC(=O)c1cccnc1F)c1ccc(Br)cc1. The molecular weight excluding hydrogens is 311 g/mol. The molecular formula is C14H12BrFN2O. The highest BCUT2D eigenvalue weighted by Crippen LogP contribution is 2.17. The fourth-order valence-electron chi connectivity index (χ4n) is 1.66. The van der Waals surface area contributed by atoms with Crippen molar-refractivity contribution in [2.24, 2.45) is 0 Å². The van der Waals surface area contributed by atoms with Gasteiger partial charge in [-0.2, -0.15) is 4.39 Å². The number of nitrogens with zero attached hydrogens (tertiary/aromatic N) is 1. The van der Waals surface area contributed by atoms with Crippen LogP contribution >= 0.6 is 15.9 Å². The Balaban J connectivity index is 2.11. The zero-order valence-electron chi connectivity index (χ0n) is 10.2. The van der Waals surface area contributed by atoms with Crippen molar-refractivity contribution in [1.82, 2.24) is 10.3 Å². The monoisotopic (exact) mass is 322 g/mol. The summed E-state index contributed by atoms with van der Waals surface area (Å²) in [6.45, 7) is 1.84. The van der Waals surface area contributed by atoms with Crippen LogP contribution in [0.3, 0.4) is 0 Å². The van der Waals surface area contributed by atoms with E-state index < -0.39 is 11.9 Å². The summed E-state index contributed by atoms with van der Waals surface area (Å²) in [5.41, 5.74) is 0.896. The van der Waals surface area contributed by atoms with Crippen LogP contribution in [0.25, 0.3) is 0 Å². The minimum absolute atomic E-state index is 0.0496. The van der Waals surface area contributed by atoms with Crippen LogP contribution in [0.2, 0.25) is 0 Å². The lowest BCUT2D eigenvalue weighted by Gasteiger charge is -2.14. The van der Waals surface area contributed by atoms with Crippen molar-refractivity contribution in [2.45, 2.75) is 13.0 Å². The van der Waals surface area contributed by atoms with Crippen LogP contribution < -0.4 is 5.32 Å². The number of rotatable bonds is 3. The first-order chi connectivity index (χ1) is 9.08. The number of aromatic nitrogens is 1. The third-order valence-corrected chi connectivity index (χ3v) is 3.25. The van der Waals surface area contributed by atoms with E-state index in [9.17, 15) is 9.18 Å². The summed E-state index contributed by atoms with van der Waals surface area (Å²) >= 11 is 3.35. The number of carbonyl (C=O) groups excluding carboxylic acids is 1. The third kappa shape index (κ3) is 3.38. The van der Waals surface area contributed by atoms with Gasteiger partial charge < -0.3 is 5.32 Å². The molecule has 19 heavy (non-hydrogen) atoms. The number of halogens is 2. The topological polar surface area (TPSA) is 42.0 Å². The predicted molar refractivity (Wildman–Crippen MR) is 74.2 cm³/mol. The smallest absolute Gasteiger partial charge is 0.256 e. The number of pyridine rings is 1. The molecule has 0 bridgehead atoms. The quantitative estimate of drug-likeness (QED) is 0.879. The molecule has 1 amide bonds. The van der Waals surface area contributed by atoms with Gasteiger partial charge in [-0.05, 0) is 36.8 Å². The molecule has 0 aliphatic rings. The van der Waals surface area contributed by atoms with E-state index in [0.717, 1.165) is 10.0 Å². The summed E-state index contributed by atoms with van der Waals surface area (Å²) in [4.78, 5) is 15.4. The zero-order chi connectivity index (χ0) is 13.8. The number of benzene rings is 1. The maximum Gasteiger partial charge on any atom is 0.256 e. The number of carbonyl (C=O) groups is 1. The van der Waals surface area contributed by atoms with Gasteiger partial charge in [0.1, 0.15) is 0 Å². The Hall–Kier alpha value is -1.75. The molecule has 1 aromatic heterocycles. The van der Waals surface area contributed by atoms with E-state index in [1.165, 1.54) is 18.3 Å². The van der Waals surface area contributed by atoms with E-state index in [-0.39, 0.29) is 11.6 Å². The van der Waals surface area contributed by atoms with Gasteiger partial charge in [-0.15, -0.1) is 0 Å². The van der Waals surface area contributed by atoms with Crippen molar-refractivity contribution in [3.05, 3.63) is 64.1 Å². The molecule has 0 fully saturated rings. The number of hydrogen-bond acceptors (Lipinski definition) is 2. The Morgan fingerprint density at radius 1 is 1.32 bits per heavy atom. The summed E-state index contributed by atoms with van der Waals surface area (Å²) in [5.74, 6) is -1.23. The first-order valence-electron chi connectivity index (χ1n) is 5.75. The largest absolute Gasteiger partial charge is 0.345 e. The maximum absolute atomic E-state index is 13.4. The van der Waals surface area contributed by atoms with Crippen LogP contribution in [-0.4, -0.2) is 10.9 Å². The van der Waals surface area contributed by atoms with E-state index in [1.54, 1.807) is 0 Å². The van der Waals surface area contributed by atoms with Gasteiger partial charge in [0, 0.05) is 10.7 Å². The zero-order valence-corrected chi connectivity index (χ0v) is 11.8. The Kier molecular flexibility index (Phi) is 4.27. The van der Waals surface area contributed by atoms with Crippen LogP contribution in [0.1, 0.15) is 28.9 Å². The molecule has 1 heterocycles. The fourth-order valence-corrected chi connectivity index (χ4v) is 1.93. The van der Waals surface area contributed by atoms with Gasteiger partial charge >= 0.3 is 0 Å². The fraction of sp³-hybridized carbons (Fsp3) is 0.143. The summed E-state index contributed by atoms with van der Waals surface area (Å²) in [7, 11) is 0. The number of hydrogen-bond donors (Lipinski definition) is 1. The van der Waals surface area contributed by atoms with E-state index in [1.807, 2.05) is 31.2 Å². The average molecular weight is 323 g/mol. The highest BCUT2D eigenvalue weighted by molar-refractivity contribution is 9.10. The van der Waals surface area contributed by atoms with Crippen molar-refractivity contribution >= 4 is 21.8 Å². The Bertz CT molecular complexity index is 586. The summed E-state index contributed by atoms with van der Waals surface area (Å²) in [6, 6.07) is 10.3. The molecule has 2 rings (SSSR count). The summed E-state index contributed by atoms with van der Waals surface area (Å²) < 4.78 is 14.3. The second kappa shape index (κ2) is 5.93. The van der Waals surface area contributed by atoms with Gasteiger partial charge in [0.25, 0.3) is 5.91 Å². The van der Waals surface area contributed by atoms with Crippen LogP contribution in [0.5, 0.6) is 0 Å². The van der Waals surface area contributed by atoms with Crippen molar-refractivity contribution in [3.63, 3.8) is 0 Å². The van der Waals surface area contributed by atoms with E-state index in [4.69, 9.17) is 0 Å². The molecule has 0 aliphatic heterocycles. The molecule has 1 N–H and O–H groups in total. The summed E-state index contributed by atoms with van der Waals surface area (Å²) in [5, 5.41) is 2.74. The first kappa shape index (κ1) is 13.7. The lowest BCUT2D eigenvalue weighted by molar-refractivity contribution is 0.0935. The Labute approximate surface area is 119 Å². The molecule has 0 saturated heterocycles. The molecule has 0 radical (unpaired) electrons. The highest BCUT2D eigenvalue weighted by atomic mass is 79.9. The van der Waals surface area contributed by atoms with Gasteiger partial charge in [-0.3, -0.25) is 4.79 Å². The molecule has 2 aromatic rings. The molecule has 3 nitrogen and oxygen atoms in total. The molecule has 0 unspecified atom stereocenters. The molecule has 0 spiro atoms. The van der Waals surface area contributed by atoms with Gasteiger partial charge in [0.05, 0.1) is 11.6 Å². The average Bonchev–Trinajstić information content (AvgIpc) is 2.39. The summed E-state index contributed by atoms with van der Waals surface area (Å²) in [6.07, 6.45) is 1.31. The lowest BCUT2D eigenvalue weighted by atomic mass is 10.1. The second-order valence-electron chi connectivity index (χ2n) is 4.09. The van der Waals surface area contributed by atoms with E-state index >= 15 is 0 Å². The Morgan fingerprint density at radius 3 is 2.63 bits per heavy atom. The van der Waals surface area contributed by atoms with Crippen molar-refractivity contribution < 1.29 is 9.18 Å². The molecule has 98 valence electrons. The highest BCUT2D eigenvalue weighted by Gasteiger charge is 2.15. The van der Waals surface area contributed by atoms with Crippen LogP contribution in [0.15, 0.2) is 47.1 Å². The number of amides is 1. The van der Waals surface area contributed by atoms with E-state index in [0.29, 0.717) is 0 Å². The van der Waals surface area contributed by atoms with Gasteiger partial charge in [0.2, 0.25) is 5.95 Å². The predicted octanol–water partition coefficient (Wildman–Crippen LogP) is 3.47. The maximum atomic E-state index is 13.4. The van der Waals surface area contributed by atoms with E-state index in [2.05, 4.69) is 26.2 Å². The molecule has 5 heteroatoms. The second-order valence-corrected chi connectivity index (χ2v) is 5.00. The normalized spacial score (nSPS) is 11.9. The minimum atomic E-state index is -0.761. The lowest BCUT2D eigenvalue weighted by Crippen LogP contribution is -2.27. The molecule has 1 aromatic carbocycles. The van der Waals surface area contributed by atoms with Gasteiger partial charge in [0.15, 0.2) is 0 Å². The standard InChI is InChI=1S/C14H12BrFN2O/c1-9(10-4-6-11(15)7-5-10)18-14(19)12-3-2-8-17-13(12)16/h2-9H,1H3,(H,18,19)/t9-/m1/s1. The van der Waals surface area contributed by atoms with Gasteiger partial charge in [-0.1, -0.05) is 28.1 Å². The van der Waals surface area contributed by atoms with Crippen molar-refractivity contribution in [3.8, 4) is 0 Å². The first-order valence-corrected chi connectivity index (χ1v) is 6.54. The van der Waals surface area contributed by atoms with Crippen molar-refractivity contribution in [1.29, 1.82) is 0 Å². The minimum Gasteiger partial charge on any atom is -0.345 e. The molecule has 1 atom stereocenters.